The van der Waals surface area contributed by atoms with E-state index in [4.69, 9.17) is 0 Å². The van der Waals surface area contributed by atoms with Gasteiger partial charge in [0.05, 0.1) is 0 Å². The maximum atomic E-state index is 2.29. The van der Waals surface area contributed by atoms with Crippen LogP contribution in [0.2, 0.25) is 0 Å². The molecule has 2 aromatic carbocycles. The molecule has 2 rings (SSSR count). The van der Waals surface area contributed by atoms with Gasteiger partial charge in [-0.1, -0.05) is 83.1 Å². The molecule has 29 heavy (non-hydrogen) atoms. The van der Waals surface area contributed by atoms with E-state index in [0.29, 0.717) is 0 Å². The van der Waals surface area contributed by atoms with Crippen molar-refractivity contribution in [3.63, 3.8) is 0 Å². The Balaban J connectivity index is -0.000000422. The first-order chi connectivity index (χ1) is 11.9. The predicted octanol–water partition coefficient (Wildman–Crippen LogP) is 1.68. The SMILES string of the molecule is Cc1c(C)c(CC(C)C)[c-](C)c1C.Cc1c(C)c(CC(C)C)[c-](C)c1C.[Cl-].[Cl-].[Zr+4]. The molecule has 0 aliphatic heterocycles. The maximum absolute atomic E-state index is 2.29. The average molecular weight is 517 g/mol. The molecule has 0 heterocycles. The summed E-state index contributed by atoms with van der Waals surface area (Å²) in [4.78, 5) is 0. The Morgan fingerprint density at radius 3 is 0.931 bits per heavy atom. The van der Waals surface area contributed by atoms with E-state index in [9.17, 15) is 0 Å². The summed E-state index contributed by atoms with van der Waals surface area (Å²) in [5, 5.41) is 0. The molecule has 2 aromatic rings. The van der Waals surface area contributed by atoms with Crippen LogP contribution in [-0.2, 0) is 39.0 Å². The molecule has 0 aromatic heterocycles. The van der Waals surface area contributed by atoms with Gasteiger partial charge in [0, 0.05) is 0 Å². The van der Waals surface area contributed by atoms with Gasteiger partial charge in [-0.15, -0.1) is 0 Å². The molecule has 0 unspecified atom stereocenters. The summed E-state index contributed by atoms with van der Waals surface area (Å²) in [5.74, 6) is 1.53. The molecule has 3 heteroatoms. The first-order valence-corrected chi connectivity index (χ1v) is 10.3. The Labute approximate surface area is 213 Å². The molecule has 0 bridgehead atoms. The quantitative estimate of drug-likeness (QED) is 0.543. The summed E-state index contributed by atoms with van der Waals surface area (Å²) in [6.45, 7) is 27.1. The second kappa shape index (κ2) is 14.3. The average Bonchev–Trinajstić information content (AvgIpc) is 2.85. The zero-order valence-corrected chi connectivity index (χ0v) is 24.8. The van der Waals surface area contributed by atoms with Crippen LogP contribution in [0.4, 0.5) is 0 Å². The Kier molecular flexibility index (Phi) is 16.6. The summed E-state index contributed by atoms with van der Waals surface area (Å²) in [6.07, 6.45) is 2.46. The minimum atomic E-state index is 0. The monoisotopic (exact) mass is 514 g/mol. The molecule has 0 atom stereocenters. The van der Waals surface area contributed by atoms with Crippen LogP contribution in [0.5, 0.6) is 0 Å². The molecule has 0 spiro atoms. The van der Waals surface area contributed by atoms with Gasteiger partial charge in [0.1, 0.15) is 0 Å². The van der Waals surface area contributed by atoms with E-state index in [1.807, 2.05) is 0 Å². The van der Waals surface area contributed by atoms with Crippen LogP contribution in [0, 0.1) is 67.2 Å². The van der Waals surface area contributed by atoms with E-state index in [-0.39, 0.29) is 51.0 Å². The standard InChI is InChI=1S/2C13H21.2ClH.Zr/c2*1-8(2)7-13-11(5)9(3)10(4)12(13)6;;;/h2*8H,7H2,1-6H3;2*1H;/q2*-1;;;+4/p-2. The molecule has 0 aliphatic rings. The van der Waals surface area contributed by atoms with Crippen LogP contribution >= 0.6 is 0 Å². The van der Waals surface area contributed by atoms with Crippen molar-refractivity contribution >= 4 is 0 Å². The van der Waals surface area contributed by atoms with Crippen LogP contribution in [0.3, 0.4) is 0 Å². The molecular formula is C26H42Cl2Zr. The number of rotatable bonds is 4. The van der Waals surface area contributed by atoms with Gasteiger partial charge < -0.3 is 24.8 Å². The molecular weight excluding hydrogens is 474 g/mol. The van der Waals surface area contributed by atoms with Crippen LogP contribution in [0.15, 0.2) is 0 Å². The van der Waals surface area contributed by atoms with Crippen molar-refractivity contribution in [2.45, 2.75) is 95.9 Å². The Morgan fingerprint density at radius 1 is 0.552 bits per heavy atom. The maximum Gasteiger partial charge on any atom is 4.00 e. The second-order valence-electron chi connectivity index (χ2n) is 9.15. The fourth-order valence-corrected chi connectivity index (χ4v) is 4.02. The molecule has 0 amide bonds. The molecule has 0 aliphatic carbocycles. The smallest absolute Gasteiger partial charge is 1.00 e. The zero-order chi connectivity index (χ0) is 20.3. The van der Waals surface area contributed by atoms with Crippen molar-refractivity contribution in [1.82, 2.24) is 0 Å². The number of hydrogen-bond acceptors (Lipinski definition) is 0. The third-order valence-corrected chi connectivity index (χ3v) is 6.41. The molecule has 0 nitrogen and oxygen atoms in total. The molecule has 0 radical (unpaired) electrons. The van der Waals surface area contributed by atoms with Gasteiger partial charge in [-0.2, -0.15) is 55.6 Å². The molecule has 164 valence electrons. The van der Waals surface area contributed by atoms with Crippen molar-refractivity contribution in [3.05, 3.63) is 55.6 Å². The third-order valence-electron chi connectivity index (χ3n) is 6.41. The van der Waals surface area contributed by atoms with E-state index < -0.39 is 0 Å². The minimum Gasteiger partial charge on any atom is -1.00 e. The van der Waals surface area contributed by atoms with Gasteiger partial charge in [-0.3, -0.25) is 0 Å². The zero-order valence-electron chi connectivity index (χ0n) is 20.8. The van der Waals surface area contributed by atoms with Crippen molar-refractivity contribution in [2.24, 2.45) is 11.8 Å². The Hall–Kier alpha value is 0.163. The number of hydrogen-bond donors (Lipinski definition) is 0. The van der Waals surface area contributed by atoms with E-state index in [2.05, 4.69) is 83.1 Å². The van der Waals surface area contributed by atoms with Gasteiger partial charge in [0.25, 0.3) is 0 Å². The van der Waals surface area contributed by atoms with Gasteiger partial charge in [0.2, 0.25) is 0 Å². The molecule has 0 N–H and O–H groups in total. The molecule has 0 fully saturated rings. The molecule has 0 saturated carbocycles. The summed E-state index contributed by atoms with van der Waals surface area (Å²) in [5.41, 5.74) is 15.2. The first-order valence-electron chi connectivity index (χ1n) is 10.3. The fraction of sp³-hybridized carbons (Fsp3) is 0.615. The van der Waals surface area contributed by atoms with Crippen molar-refractivity contribution in [2.75, 3.05) is 0 Å². The number of halogens is 2. The fourth-order valence-electron chi connectivity index (χ4n) is 4.02. The summed E-state index contributed by atoms with van der Waals surface area (Å²) < 4.78 is 0. The van der Waals surface area contributed by atoms with Gasteiger partial charge >= 0.3 is 26.2 Å². The van der Waals surface area contributed by atoms with Crippen LogP contribution in [0.25, 0.3) is 0 Å². The summed E-state index contributed by atoms with van der Waals surface area (Å²) >= 11 is 0. The van der Waals surface area contributed by atoms with Crippen molar-refractivity contribution in [1.29, 1.82) is 0 Å². The predicted molar refractivity (Wildman–Crippen MR) is 119 cm³/mol. The topological polar surface area (TPSA) is 0 Å². The van der Waals surface area contributed by atoms with E-state index >= 15 is 0 Å². The van der Waals surface area contributed by atoms with Crippen molar-refractivity contribution < 1.29 is 51.0 Å². The molecule has 0 saturated heterocycles. The Morgan fingerprint density at radius 2 is 0.793 bits per heavy atom. The van der Waals surface area contributed by atoms with Gasteiger partial charge in [-0.25, -0.2) is 0 Å². The van der Waals surface area contributed by atoms with Crippen LogP contribution < -0.4 is 24.8 Å². The minimum absolute atomic E-state index is 0. The van der Waals surface area contributed by atoms with Crippen LogP contribution in [0.1, 0.15) is 83.3 Å². The van der Waals surface area contributed by atoms with Crippen molar-refractivity contribution in [3.8, 4) is 0 Å². The van der Waals surface area contributed by atoms with E-state index in [1.54, 1.807) is 11.1 Å². The van der Waals surface area contributed by atoms with E-state index in [1.165, 1.54) is 57.3 Å². The van der Waals surface area contributed by atoms with Gasteiger partial charge in [-0.05, 0) is 24.7 Å². The summed E-state index contributed by atoms with van der Waals surface area (Å²) in [6, 6.07) is 0. The summed E-state index contributed by atoms with van der Waals surface area (Å²) in [7, 11) is 0. The normalized spacial score (nSPS) is 10.1. The van der Waals surface area contributed by atoms with Gasteiger partial charge in [0.15, 0.2) is 0 Å². The first kappa shape index (κ1) is 33.8. The largest absolute Gasteiger partial charge is 4.00 e. The van der Waals surface area contributed by atoms with Crippen LogP contribution in [-0.4, -0.2) is 0 Å². The third kappa shape index (κ3) is 8.31. The second-order valence-corrected chi connectivity index (χ2v) is 9.15. The Bertz CT molecular complexity index is 631. The van der Waals surface area contributed by atoms with E-state index in [0.717, 1.165) is 11.8 Å².